The maximum atomic E-state index is 13.8. The molecule has 0 atom stereocenters. The maximum Gasteiger partial charge on any atom is 0.416 e. The van der Waals surface area contributed by atoms with Crippen molar-refractivity contribution in [3.05, 3.63) is 111 Å². The van der Waals surface area contributed by atoms with Crippen molar-refractivity contribution in [1.29, 1.82) is 0 Å². The molecule has 0 N–H and O–H groups in total. The van der Waals surface area contributed by atoms with E-state index >= 15 is 0 Å². The number of alkyl halides is 3. The fourth-order valence-electron chi connectivity index (χ4n) is 4.76. The van der Waals surface area contributed by atoms with Gasteiger partial charge in [0.05, 0.1) is 5.56 Å². The minimum Gasteiger partial charge on any atom is -0.289 e. The summed E-state index contributed by atoms with van der Waals surface area (Å²) in [5.74, 6) is -0.220. The maximum absolute atomic E-state index is 13.8. The molecular weight excluding hydrogens is 489 g/mol. The Labute approximate surface area is 220 Å². The van der Waals surface area contributed by atoms with E-state index in [1.807, 2.05) is 36.4 Å². The Morgan fingerprint density at radius 2 is 1.46 bits per heavy atom. The Morgan fingerprint density at radius 3 is 2.22 bits per heavy atom. The van der Waals surface area contributed by atoms with Gasteiger partial charge in [0, 0.05) is 10.4 Å². The van der Waals surface area contributed by atoms with Gasteiger partial charge in [-0.25, -0.2) is 0 Å². The van der Waals surface area contributed by atoms with Gasteiger partial charge in [-0.15, -0.1) is 11.3 Å². The molecule has 0 fully saturated rings. The third kappa shape index (κ3) is 7.42. The number of thiophene rings is 1. The lowest BCUT2D eigenvalue weighted by Gasteiger charge is -2.15. The van der Waals surface area contributed by atoms with Crippen LogP contribution in [0.5, 0.6) is 0 Å². The van der Waals surface area contributed by atoms with Crippen LogP contribution in [0.3, 0.4) is 0 Å². The van der Waals surface area contributed by atoms with Crippen LogP contribution in [0.4, 0.5) is 13.2 Å². The zero-order chi connectivity index (χ0) is 26.1. The second kappa shape index (κ2) is 12.9. The van der Waals surface area contributed by atoms with Gasteiger partial charge in [0.25, 0.3) is 0 Å². The van der Waals surface area contributed by atoms with Crippen molar-refractivity contribution >= 4 is 34.0 Å². The molecule has 192 valence electrons. The molecule has 37 heavy (non-hydrogen) atoms. The number of halogens is 3. The molecule has 4 rings (SSSR count). The number of hydrogen-bond donors (Lipinski definition) is 0. The van der Waals surface area contributed by atoms with Crippen LogP contribution in [-0.2, 0) is 19.0 Å². The molecule has 4 aromatic rings. The van der Waals surface area contributed by atoms with Gasteiger partial charge in [0.1, 0.15) is 0 Å². The SMILES string of the molecule is O=C(C=Cc1cccc(C(F)(F)F)c1CCCCCCCCc1cccs1)c1cccc2ccccc12. The molecule has 0 aliphatic rings. The van der Waals surface area contributed by atoms with Crippen LogP contribution >= 0.6 is 11.3 Å². The standard InChI is InChI=1S/C32H31F3OS/c33-32(34,35)30-20-10-14-25(21-22-31(36)29-19-9-13-24-12-7-8-17-27(24)29)28(30)18-6-4-2-1-3-5-15-26-16-11-23-37-26/h7-14,16-17,19-23H,1-6,15,18H2. The average Bonchev–Trinajstić information content (AvgIpc) is 3.41. The Bertz CT molecular complexity index is 1330. The van der Waals surface area contributed by atoms with Crippen molar-refractivity contribution < 1.29 is 18.0 Å². The highest BCUT2D eigenvalue weighted by atomic mass is 32.1. The third-order valence-corrected chi connectivity index (χ3v) is 7.60. The molecule has 0 spiro atoms. The van der Waals surface area contributed by atoms with Crippen molar-refractivity contribution in [1.82, 2.24) is 0 Å². The van der Waals surface area contributed by atoms with E-state index in [1.165, 1.54) is 17.0 Å². The molecule has 0 aliphatic carbocycles. The summed E-state index contributed by atoms with van der Waals surface area (Å²) in [7, 11) is 0. The highest BCUT2D eigenvalue weighted by molar-refractivity contribution is 7.09. The molecule has 0 unspecified atom stereocenters. The summed E-state index contributed by atoms with van der Waals surface area (Å²) in [6.45, 7) is 0. The Morgan fingerprint density at radius 1 is 0.757 bits per heavy atom. The van der Waals surface area contributed by atoms with E-state index in [0.717, 1.165) is 55.4 Å². The number of fused-ring (bicyclic) bond motifs is 1. The van der Waals surface area contributed by atoms with Crippen molar-refractivity contribution in [3.63, 3.8) is 0 Å². The van der Waals surface area contributed by atoms with Crippen molar-refractivity contribution in [2.75, 3.05) is 0 Å². The molecule has 1 heterocycles. The average molecular weight is 521 g/mol. The van der Waals surface area contributed by atoms with E-state index < -0.39 is 11.7 Å². The number of unbranched alkanes of at least 4 members (excludes halogenated alkanes) is 5. The van der Waals surface area contributed by atoms with Crippen molar-refractivity contribution in [2.24, 2.45) is 0 Å². The smallest absolute Gasteiger partial charge is 0.289 e. The first-order chi connectivity index (χ1) is 17.9. The van der Waals surface area contributed by atoms with Gasteiger partial charge in [-0.1, -0.05) is 92.4 Å². The molecule has 0 saturated carbocycles. The van der Waals surface area contributed by atoms with Crippen LogP contribution in [0.15, 0.2) is 84.3 Å². The van der Waals surface area contributed by atoms with E-state index in [0.29, 0.717) is 24.0 Å². The van der Waals surface area contributed by atoms with Crippen LogP contribution in [0.25, 0.3) is 16.8 Å². The van der Waals surface area contributed by atoms with Crippen molar-refractivity contribution in [3.8, 4) is 0 Å². The minimum atomic E-state index is -4.43. The van der Waals surface area contributed by atoms with Gasteiger partial charge < -0.3 is 0 Å². The monoisotopic (exact) mass is 520 g/mol. The lowest BCUT2D eigenvalue weighted by atomic mass is 9.94. The summed E-state index contributed by atoms with van der Waals surface area (Å²) >= 11 is 1.78. The highest BCUT2D eigenvalue weighted by Crippen LogP contribution is 2.35. The highest BCUT2D eigenvalue weighted by Gasteiger charge is 2.33. The first kappa shape index (κ1) is 26.9. The molecule has 0 aliphatic heterocycles. The molecule has 0 radical (unpaired) electrons. The molecule has 0 bridgehead atoms. The van der Waals surface area contributed by atoms with Crippen LogP contribution in [0, 0.1) is 0 Å². The number of rotatable bonds is 12. The van der Waals surface area contributed by atoms with Gasteiger partial charge in [-0.05, 0) is 71.2 Å². The number of carbonyl (C=O) groups is 1. The Hall–Kier alpha value is -3.18. The molecule has 3 aromatic carbocycles. The van der Waals surface area contributed by atoms with Gasteiger partial charge in [0.2, 0.25) is 0 Å². The van der Waals surface area contributed by atoms with Crippen LogP contribution in [-0.4, -0.2) is 5.78 Å². The fraction of sp³-hybridized carbons (Fsp3) is 0.281. The number of carbonyl (C=O) groups excluding carboxylic acids is 1. The van der Waals surface area contributed by atoms with E-state index in [1.54, 1.807) is 29.5 Å². The summed E-state index contributed by atoms with van der Waals surface area (Å²) in [4.78, 5) is 14.4. The molecule has 0 amide bonds. The first-order valence-corrected chi connectivity index (χ1v) is 13.7. The van der Waals surface area contributed by atoms with E-state index in [-0.39, 0.29) is 11.3 Å². The zero-order valence-electron chi connectivity index (χ0n) is 20.8. The largest absolute Gasteiger partial charge is 0.416 e. The molecule has 5 heteroatoms. The summed E-state index contributed by atoms with van der Waals surface area (Å²) in [6.07, 6.45) is 5.94. The van der Waals surface area contributed by atoms with Gasteiger partial charge >= 0.3 is 6.18 Å². The Balaban J connectivity index is 1.39. The number of hydrogen-bond acceptors (Lipinski definition) is 2. The second-order valence-electron chi connectivity index (χ2n) is 9.30. The van der Waals surface area contributed by atoms with Crippen molar-refractivity contribution in [2.45, 2.75) is 57.5 Å². The number of benzene rings is 3. The molecule has 1 aromatic heterocycles. The summed E-state index contributed by atoms with van der Waals surface area (Å²) in [6, 6.07) is 21.6. The molecule has 0 saturated heterocycles. The van der Waals surface area contributed by atoms with Crippen LogP contribution < -0.4 is 0 Å². The number of ketones is 1. The fourth-order valence-corrected chi connectivity index (χ4v) is 5.52. The summed E-state index contributed by atoms with van der Waals surface area (Å²) in [5.41, 5.74) is 0.666. The number of allylic oxidation sites excluding steroid dienone is 1. The van der Waals surface area contributed by atoms with E-state index in [4.69, 9.17) is 0 Å². The quantitative estimate of drug-likeness (QED) is 0.103. The van der Waals surface area contributed by atoms with Gasteiger partial charge in [-0.2, -0.15) is 13.2 Å². The van der Waals surface area contributed by atoms with E-state index in [2.05, 4.69) is 17.5 Å². The predicted octanol–water partition coefficient (Wildman–Crippen LogP) is 9.94. The second-order valence-corrected chi connectivity index (χ2v) is 10.3. The summed E-state index contributed by atoms with van der Waals surface area (Å²) in [5, 5.41) is 3.88. The minimum absolute atomic E-state index is 0.220. The normalized spacial score (nSPS) is 12.0. The van der Waals surface area contributed by atoms with Crippen LogP contribution in [0.1, 0.15) is 70.5 Å². The third-order valence-electron chi connectivity index (χ3n) is 6.67. The summed E-state index contributed by atoms with van der Waals surface area (Å²) < 4.78 is 41.4. The lowest BCUT2D eigenvalue weighted by molar-refractivity contribution is -0.138. The Kier molecular flexibility index (Phi) is 9.34. The van der Waals surface area contributed by atoms with Gasteiger partial charge in [-0.3, -0.25) is 4.79 Å². The predicted molar refractivity (Wildman–Crippen MR) is 148 cm³/mol. The van der Waals surface area contributed by atoms with Crippen LogP contribution in [0.2, 0.25) is 0 Å². The molecule has 1 nitrogen and oxygen atoms in total. The molecular formula is C32H31F3OS. The van der Waals surface area contributed by atoms with E-state index in [9.17, 15) is 18.0 Å². The number of aryl methyl sites for hydroxylation is 1. The lowest BCUT2D eigenvalue weighted by Crippen LogP contribution is -2.10. The zero-order valence-corrected chi connectivity index (χ0v) is 21.6. The topological polar surface area (TPSA) is 17.1 Å². The van der Waals surface area contributed by atoms with Gasteiger partial charge in [0.15, 0.2) is 5.78 Å². The first-order valence-electron chi connectivity index (χ1n) is 12.8.